The Hall–Kier alpha value is -1.35. The van der Waals surface area contributed by atoms with Gasteiger partial charge in [-0.05, 0) is 49.1 Å². The molecule has 20 heavy (non-hydrogen) atoms. The number of nitrogens with zero attached hydrogens (tertiary/aromatic N) is 1. The Morgan fingerprint density at radius 1 is 1.30 bits per heavy atom. The molecule has 1 heterocycles. The molecular formula is C17H23NO2. The molecule has 2 aliphatic rings. The lowest BCUT2D eigenvalue weighted by Crippen LogP contribution is -2.34. The van der Waals surface area contributed by atoms with Crippen LogP contribution >= 0.6 is 0 Å². The van der Waals surface area contributed by atoms with Crippen LogP contribution in [0.2, 0.25) is 0 Å². The summed E-state index contributed by atoms with van der Waals surface area (Å²) in [7, 11) is 0. The van der Waals surface area contributed by atoms with Crippen molar-refractivity contribution in [3.8, 4) is 0 Å². The summed E-state index contributed by atoms with van der Waals surface area (Å²) < 4.78 is 0. The molecule has 1 aliphatic heterocycles. The quantitative estimate of drug-likeness (QED) is 0.918. The number of rotatable bonds is 3. The number of likely N-dealkylation sites (tertiary alicyclic amines) is 1. The Bertz CT molecular complexity index is 486. The first-order chi connectivity index (χ1) is 9.79. The van der Waals surface area contributed by atoms with Crippen LogP contribution in [0.25, 0.3) is 0 Å². The van der Waals surface area contributed by atoms with E-state index in [4.69, 9.17) is 5.11 Å². The normalized spacial score (nSPS) is 25.6. The van der Waals surface area contributed by atoms with Crippen molar-refractivity contribution in [3.05, 3.63) is 35.4 Å². The van der Waals surface area contributed by atoms with Gasteiger partial charge in [-0.15, -0.1) is 0 Å². The molecule has 0 aromatic heterocycles. The summed E-state index contributed by atoms with van der Waals surface area (Å²) >= 11 is 0. The molecule has 0 bridgehead atoms. The molecule has 1 fully saturated rings. The number of carbonyl (C=O) groups is 1. The first kappa shape index (κ1) is 13.6. The minimum Gasteiger partial charge on any atom is -0.396 e. The van der Waals surface area contributed by atoms with Crippen molar-refractivity contribution in [2.24, 2.45) is 5.92 Å². The molecule has 3 rings (SSSR count). The van der Waals surface area contributed by atoms with Gasteiger partial charge in [-0.25, -0.2) is 0 Å². The highest BCUT2D eigenvalue weighted by molar-refractivity contribution is 5.84. The lowest BCUT2D eigenvalue weighted by Gasteiger charge is -2.28. The number of benzene rings is 1. The molecule has 1 N–H and O–H groups in total. The second kappa shape index (κ2) is 5.96. The van der Waals surface area contributed by atoms with Gasteiger partial charge in [0.15, 0.2) is 0 Å². The van der Waals surface area contributed by atoms with Crippen molar-refractivity contribution in [1.82, 2.24) is 4.90 Å². The highest BCUT2D eigenvalue weighted by atomic mass is 16.3. The lowest BCUT2D eigenvalue weighted by atomic mass is 9.82. The lowest BCUT2D eigenvalue weighted by molar-refractivity contribution is -0.132. The summed E-state index contributed by atoms with van der Waals surface area (Å²) in [6, 6.07) is 8.40. The SMILES string of the molecule is O=C(C1CCCc2ccccc21)N1CCC(CCO)C1. The van der Waals surface area contributed by atoms with E-state index in [0.717, 1.165) is 45.2 Å². The highest BCUT2D eigenvalue weighted by Crippen LogP contribution is 2.34. The Kier molecular flexibility index (Phi) is 4.06. The summed E-state index contributed by atoms with van der Waals surface area (Å²) in [5.74, 6) is 0.855. The topological polar surface area (TPSA) is 40.5 Å². The smallest absolute Gasteiger partial charge is 0.230 e. The third-order valence-corrected chi connectivity index (χ3v) is 4.80. The van der Waals surface area contributed by atoms with Gasteiger partial charge in [0.2, 0.25) is 5.91 Å². The molecular weight excluding hydrogens is 250 g/mol. The van der Waals surface area contributed by atoms with E-state index < -0.39 is 0 Å². The summed E-state index contributed by atoms with van der Waals surface area (Å²) in [6.45, 7) is 1.93. The molecule has 1 aliphatic carbocycles. The van der Waals surface area contributed by atoms with E-state index in [9.17, 15) is 4.79 Å². The predicted molar refractivity (Wildman–Crippen MR) is 78.5 cm³/mol. The molecule has 0 saturated carbocycles. The Labute approximate surface area is 120 Å². The standard InChI is InChI=1S/C17H23NO2/c19-11-9-13-8-10-18(12-13)17(20)16-7-3-5-14-4-1-2-6-15(14)16/h1-2,4,6,13,16,19H,3,5,7-12H2. The van der Waals surface area contributed by atoms with Crippen LogP contribution in [0.3, 0.4) is 0 Å². The Morgan fingerprint density at radius 3 is 3.00 bits per heavy atom. The van der Waals surface area contributed by atoms with E-state index in [1.54, 1.807) is 0 Å². The number of aliphatic hydroxyl groups is 1. The van der Waals surface area contributed by atoms with Crippen molar-refractivity contribution in [2.45, 2.75) is 38.0 Å². The second-order valence-electron chi connectivity index (χ2n) is 6.09. The monoisotopic (exact) mass is 273 g/mol. The zero-order valence-corrected chi connectivity index (χ0v) is 11.9. The van der Waals surface area contributed by atoms with Crippen molar-refractivity contribution in [2.75, 3.05) is 19.7 Å². The van der Waals surface area contributed by atoms with Gasteiger partial charge in [0.05, 0.1) is 5.92 Å². The molecule has 1 saturated heterocycles. The van der Waals surface area contributed by atoms with Gasteiger partial charge in [0.1, 0.15) is 0 Å². The summed E-state index contributed by atoms with van der Waals surface area (Å²) in [5, 5.41) is 9.03. The van der Waals surface area contributed by atoms with Crippen LogP contribution in [-0.2, 0) is 11.2 Å². The third kappa shape index (κ3) is 2.59. The number of aliphatic hydroxyl groups excluding tert-OH is 1. The molecule has 3 nitrogen and oxygen atoms in total. The molecule has 1 aromatic rings. The van der Waals surface area contributed by atoms with E-state index in [-0.39, 0.29) is 12.5 Å². The minimum atomic E-state index is 0.0628. The average Bonchev–Trinajstić information content (AvgIpc) is 2.95. The minimum absolute atomic E-state index is 0.0628. The second-order valence-corrected chi connectivity index (χ2v) is 6.09. The van der Waals surface area contributed by atoms with E-state index in [0.29, 0.717) is 11.8 Å². The molecule has 2 atom stereocenters. The van der Waals surface area contributed by atoms with E-state index in [1.807, 2.05) is 11.0 Å². The molecule has 3 heteroatoms. The summed E-state index contributed by atoms with van der Waals surface area (Å²) in [4.78, 5) is 14.8. The van der Waals surface area contributed by atoms with Crippen molar-refractivity contribution in [3.63, 3.8) is 0 Å². The third-order valence-electron chi connectivity index (χ3n) is 4.80. The molecule has 2 unspecified atom stereocenters. The number of aryl methyl sites for hydroxylation is 1. The van der Waals surface area contributed by atoms with Crippen LogP contribution in [-0.4, -0.2) is 35.6 Å². The van der Waals surface area contributed by atoms with Gasteiger partial charge in [0.25, 0.3) is 0 Å². The van der Waals surface area contributed by atoms with E-state index in [2.05, 4.69) is 18.2 Å². The van der Waals surface area contributed by atoms with Gasteiger partial charge in [-0.1, -0.05) is 24.3 Å². The number of hydrogen-bond acceptors (Lipinski definition) is 2. The largest absolute Gasteiger partial charge is 0.396 e. The molecule has 108 valence electrons. The predicted octanol–water partition coefficient (Wildman–Crippen LogP) is 2.34. The van der Waals surface area contributed by atoms with Crippen LogP contribution in [0.15, 0.2) is 24.3 Å². The first-order valence-electron chi connectivity index (χ1n) is 7.77. The molecule has 0 spiro atoms. The number of hydrogen-bond donors (Lipinski definition) is 1. The Morgan fingerprint density at radius 2 is 2.15 bits per heavy atom. The van der Waals surface area contributed by atoms with Crippen LogP contribution in [0.1, 0.15) is 42.7 Å². The maximum Gasteiger partial charge on any atom is 0.230 e. The molecule has 1 amide bonds. The van der Waals surface area contributed by atoms with Crippen LogP contribution in [0.5, 0.6) is 0 Å². The van der Waals surface area contributed by atoms with Gasteiger partial charge < -0.3 is 10.0 Å². The first-order valence-corrected chi connectivity index (χ1v) is 7.77. The van der Waals surface area contributed by atoms with Gasteiger partial charge in [-0.2, -0.15) is 0 Å². The van der Waals surface area contributed by atoms with Crippen molar-refractivity contribution < 1.29 is 9.90 Å². The maximum absolute atomic E-state index is 12.8. The fourth-order valence-corrected chi connectivity index (χ4v) is 3.68. The van der Waals surface area contributed by atoms with Gasteiger partial charge in [-0.3, -0.25) is 4.79 Å². The molecule has 0 radical (unpaired) electrons. The van der Waals surface area contributed by atoms with E-state index in [1.165, 1.54) is 11.1 Å². The molecule has 1 aromatic carbocycles. The van der Waals surface area contributed by atoms with Crippen LogP contribution in [0, 0.1) is 5.92 Å². The van der Waals surface area contributed by atoms with E-state index >= 15 is 0 Å². The zero-order chi connectivity index (χ0) is 13.9. The highest BCUT2D eigenvalue weighted by Gasteiger charge is 2.33. The Balaban J connectivity index is 1.73. The fourth-order valence-electron chi connectivity index (χ4n) is 3.68. The van der Waals surface area contributed by atoms with Crippen LogP contribution in [0.4, 0.5) is 0 Å². The van der Waals surface area contributed by atoms with Gasteiger partial charge >= 0.3 is 0 Å². The van der Waals surface area contributed by atoms with Crippen molar-refractivity contribution >= 4 is 5.91 Å². The van der Waals surface area contributed by atoms with Crippen molar-refractivity contribution in [1.29, 1.82) is 0 Å². The summed E-state index contributed by atoms with van der Waals surface area (Å²) in [6.07, 6.45) is 5.07. The number of fused-ring (bicyclic) bond motifs is 1. The number of carbonyl (C=O) groups excluding carboxylic acids is 1. The number of amides is 1. The fraction of sp³-hybridized carbons (Fsp3) is 0.588. The summed E-state index contributed by atoms with van der Waals surface area (Å²) in [5.41, 5.74) is 2.59. The van der Waals surface area contributed by atoms with Crippen LogP contribution < -0.4 is 0 Å². The average molecular weight is 273 g/mol. The zero-order valence-electron chi connectivity index (χ0n) is 11.9. The maximum atomic E-state index is 12.8. The van der Waals surface area contributed by atoms with Gasteiger partial charge in [0, 0.05) is 19.7 Å².